The third-order valence-corrected chi connectivity index (χ3v) is 2.53. The van der Waals surface area contributed by atoms with E-state index in [9.17, 15) is 8.42 Å². The summed E-state index contributed by atoms with van der Waals surface area (Å²) in [7, 11) is -1.73. The van der Waals surface area contributed by atoms with Crippen LogP contribution < -0.4 is 0 Å². The number of ether oxygens (including phenoxy) is 3. The van der Waals surface area contributed by atoms with E-state index in [4.69, 9.17) is 19.7 Å². The molecule has 0 aromatic heterocycles. The SMILES string of the molecule is C=CS(=O)(=O)C=C.COC(O)COCCOCCO. The van der Waals surface area contributed by atoms with E-state index >= 15 is 0 Å². The quantitative estimate of drug-likeness (QED) is 0.420. The van der Waals surface area contributed by atoms with Gasteiger partial charge in [-0.1, -0.05) is 13.2 Å². The molecule has 0 aliphatic carbocycles. The Hall–Kier alpha value is -0.770. The van der Waals surface area contributed by atoms with E-state index in [-0.39, 0.29) is 13.2 Å². The van der Waals surface area contributed by atoms with Gasteiger partial charge in [-0.2, -0.15) is 0 Å². The van der Waals surface area contributed by atoms with E-state index in [2.05, 4.69) is 17.9 Å². The highest BCUT2D eigenvalue weighted by Crippen LogP contribution is 1.87. The molecular weight excluding hydrogens is 276 g/mol. The van der Waals surface area contributed by atoms with Crippen molar-refractivity contribution in [2.45, 2.75) is 6.29 Å². The largest absolute Gasteiger partial charge is 0.394 e. The van der Waals surface area contributed by atoms with Crippen LogP contribution in [0.25, 0.3) is 0 Å². The molecule has 2 N–H and O–H groups in total. The minimum atomic E-state index is -3.13. The number of rotatable bonds is 10. The van der Waals surface area contributed by atoms with Crippen molar-refractivity contribution in [1.82, 2.24) is 0 Å². The first kappa shape index (κ1) is 20.5. The lowest BCUT2D eigenvalue weighted by atomic mass is 10.6. The van der Waals surface area contributed by atoms with E-state index in [1.165, 1.54) is 7.11 Å². The van der Waals surface area contributed by atoms with Crippen LogP contribution in [-0.4, -0.2) is 65.1 Å². The van der Waals surface area contributed by atoms with E-state index in [1.807, 2.05) is 0 Å². The summed E-state index contributed by atoms with van der Waals surface area (Å²) in [5.41, 5.74) is 0. The minimum Gasteiger partial charge on any atom is -0.394 e. The van der Waals surface area contributed by atoms with Crippen LogP contribution in [0.15, 0.2) is 24.0 Å². The molecule has 0 rings (SSSR count). The zero-order valence-electron chi connectivity index (χ0n) is 11.0. The maximum absolute atomic E-state index is 10.1. The molecule has 1 atom stereocenters. The van der Waals surface area contributed by atoms with Gasteiger partial charge in [0.2, 0.25) is 0 Å². The monoisotopic (exact) mass is 298 g/mol. The number of hydrogen-bond acceptors (Lipinski definition) is 7. The van der Waals surface area contributed by atoms with E-state index in [1.54, 1.807) is 0 Å². The van der Waals surface area contributed by atoms with Crippen molar-refractivity contribution in [3.8, 4) is 0 Å². The van der Waals surface area contributed by atoms with Crippen molar-refractivity contribution in [2.24, 2.45) is 0 Å². The maximum Gasteiger partial charge on any atom is 0.191 e. The highest BCUT2D eigenvalue weighted by molar-refractivity contribution is 7.97. The van der Waals surface area contributed by atoms with Crippen molar-refractivity contribution in [2.75, 3.05) is 40.1 Å². The molecular formula is C11H22O7S. The summed E-state index contributed by atoms with van der Waals surface area (Å²) in [5, 5.41) is 18.9. The maximum atomic E-state index is 10.1. The van der Waals surface area contributed by atoms with Gasteiger partial charge in [0.25, 0.3) is 0 Å². The lowest BCUT2D eigenvalue weighted by molar-refractivity contribution is -0.123. The second kappa shape index (κ2) is 13.7. The summed E-state index contributed by atoms with van der Waals surface area (Å²) < 4.78 is 34.6. The average Bonchev–Trinajstić information content (AvgIpc) is 2.43. The van der Waals surface area contributed by atoms with Crippen LogP contribution in [0.3, 0.4) is 0 Å². The number of aliphatic hydroxyl groups is 2. The fraction of sp³-hybridized carbons (Fsp3) is 0.636. The number of aliphatic hydroxyl groups excluding tert-OH is 2. The molecule has 0 amide bonds. The highest BCUT2D eigenvalue weighted by Gasteiger charge is 1.99. The normalized spacial score (nSPS) is 12.2. The summed E-state index contributed by atoms with van der Waals surface area (Å²) in [4.78, 5) is 0. The predicted octanol–water partition coefficient (Wildman–Crippen LogP) is -0.335. The molecule has 7 nitrogen and oxygen atoms in total. The van der Waals surface area contributed by atoms with Gasteiger partial charge >= 0.3 is 0 Å². The van der Waals surface area contributed by atoms with Crippen molar-refractivity contribution >= 4 is 9.84 Å². The Morgan fingerprint density at radius 2 is 1.68 bits per heavy atom. The van der Waals surface area contributed by atoms with Gasteiger partial charge in [-0.3, -0.25) is 0 Å². The zero-order valence-corrected chi connectivity index (χ0v) is 11.8. The Morgan fingerprint density at radius 3 is 2.05 bits per heavy atom. The van der Waals surface area contributed by atoms with Crippen molar-refractivity contribution < 1.29 is 32.8 Å². The molecule has 0 aliphatic heterocycles. The van der Waals surface area contributed by atoms with Crippen LogP contribution in [0.5, 0.6) is 0 Å². The molecule has 114 valence electrons. The average molecular weight is 298 g/mol. The molecule has 0 fully saturated rings. The Morgan fingerprint density at radius 1 is 1.16 bits per heavy atom. The van der Waals surface area contributed by atoms with E-state index in [0.717, 1.165) is 10.8 Å². The van der Waals surface area contributed by atoms with Crippen molar-refractivity contribution in [3.05, 3.63) is 24.0 Å². The molecule has 0 aliphatic rings. The zero-order chi connectivity index (χ0) is 15.1. The van der Waals surface area contributed by atoms with Crippen LogP contribution in [0, 0.1) is 0 Å². The second-order valence-corrected chi connectivity index (χ2v) is 4.87. The predicted molar refractivity (Wildman–Crippen MR) is 71.1 cm³/mol. The van der Waals surface area contributed by atoms with E-state index < -0.39 is 16.1 Å². The fourth-order valence-corrected chi connectivity index (χ4v) is 0.741. The Labute approximate surface area is 114 Å². The summed E-state index contributed by atoms with van der Waals surface area (Å²) in [6, 6.07) is 0. The van der Waals surface area contributed by atoms with Crippen LogP contribution >= 0.6 is 0 Å². The van der Waals surface area contributed by atoms with Crippen LogP contribution in [0.4, 0.5) is 0 Å². The number of hydrogen-bond donors (Lipinski definition) is 2. The molecule has 0 saturated carbocycles. The first-order valence-electron chi connectivity index (χ1n) is 5.40. The standard InChI is InChI=1S/C7H16O5.C4H6O2S/c1-10-7(9)6-12-5-4-11-3-2-8;1-3-7(5,6)4-2/h7-9H,2-6H2,1H3;3-4H,1-2H2. The second-order valence-electron chi connectivity index (χ2n) is 3.02. The van der Waals surface area contributed by atoms with Crippen LogP contribution in [0.1, 0.15) is 0 Å². The summed E-state index contributed by atoms with van der Waals surface area (Å²) in [5.74, 6) is 0. The molecule has 0 bridgehead atoms. The van der Waals surface area contributed by atoms with Gasteiger partial charge in [0.05, 0.1) is 33.0 Å². The molecule has 0 saturated heterocycles. The lowest BCUT2D eigenvalue weighted by Crippen LogP contribution is -2.19. The van der Waals surface area contributed by atoms with Gasteiger partial charge in [0.1, 0.15) is 0 Å². The fourth-order valence-electron chi connectivity index (χ4n) is 0.605. The summed E-state index contributed by atoms with van der Waals surface area (Å²) >= 11 is 0. The minimum absolute atomic E-state index is 0.0146. The summed E-state index contributed by atoms with van der Waals surface area (Å²) in [6.45, 7) is 7.36. The Bertz CT molecular complexity index is 299. The van der Waals surface area contributed by atoms with Gasteiger partial charge < -0.3 is 24.4 Å². The van der Waals surface area contributed by atoms with Crippen molar-refractivity contribution in [1.29, 1.82) is 0 Å². The first-order valence-corrected chi connectivity index (χ1v) is 7.01. The van der Waals surface area contributed by atoms with Crippen molar-refractivity contribution in [3.63, 3.8) is 0 Å². The molecule has 0 aromatic carbocycles. The molecule has 0 radical (unpaired) electrons. The van der Waals surface area contributed by atoms with Crippen LogP contribution in [-0.2, 0) is 24.0 Å². The molecule has 0 spiro atoms. The van der Waals surface area contributed by atoms with Gasteiger partial charge in [0, 0.05) is 17.9 Å². The van der Waals surface area contributed by atoms with Gasteiger partial charge in [0.15, 0.2) is 16.1 Å². The topological polar surface area (TPSA) is 102 Å². The lowest BCUT2D eigenvalue weighted by Gasteiger charge is -2.08. The molecule has 1 unspecified atom stereocenters. The summed E-state index contributed by atoms with van der Waals surface area (Å²) in [6.07, 6.45) is -0.872. The molecule has 0 heterocycles. The van der Waals surface area contributed by atoms with Gasteiger partial charge in [-0.25, -0.2) is 8.42 Å². The Kier molecular flexibility index (Phi) is 14.8. The smallest absolute Gasteiger partial charge is 0.191 e. The third kappa shape index (κ3) is 17.2. The van der Waals surface area contributed by atoms with Gasteiger partial charge in [-0.05, 0) is 0 Å². The third-order valence-electron chi connectivity index (χ3n) is 1.60. The van der Waals surface area contributed by atoms with E-state index in [0.29, 0.717) is 19.8 Å². The molecule has 19 heavy (non-hydrogen) atoms. The highest BCUT2D eigenvalue weighted by atomic mass is 32.2. The van der Waals surface area contributed by atoms with Gasteiger partial charge in [-0.15, -0.1) is 0 Å². The first-order chi connectivity index (χ1) is 8.93. The molecule has 8 heteroatoms. The number of sulfone groups is 1. The molecule has 0 aromatic rings. The Balaban J connectivity index is 0. The van der Waals surface area contributed by atoms with Crippen LogP contribution in [0.2, 0.25) is 0 Å². The number of methoxy groups -OCH3 is 1.